The largest absolute Gasteiger partial charge is 0.376 e. The van der Waals surface area contributed by atoms with Crippen LogP contribution in [0.25, 0.3) is 0 Å². The van der Waals surface area contributed by atoms with Crippen molar-refractivity contribution in [1.82, 2.24) is 0 Å². The maximum Gasteiger partial charge on any atom is 0.301 e. The maximum absolute atomic E-state index is 11.0. The molecule has 0 aliphatic heterocycles. The summed E-state index contributed by atoms with van der Waals surface area (Å²) in [6.07, 6.45) is -0.260. The first-order chi connectivity index (χ1) is 10.3. The third-order valence-electron chi connectivity index (χ3n) is 3.06. The summed E-state index contributed by atoms with van der Waals surface area (Å²) in [6, 6.07) is 3.33. The Bertz CT molecular complexity index is 600. The molecule has 0 heterocycles. The molecule has 0 aliphatic rings. The molecule has 9 nitrogen and oxygen atoms in total. The van der Waals surface area contributed by atoms with Gasteiger partial charge >= 0.3 is 5.69 Å². The van der Waals surface area contributed by atoms with Crippen molar-refractivity contribution in [3.8, 4) is 0 Å². The summed E-state index contributed by atoms with van der Waals surface area (Å²) in [5, 5.41) is 25.9. The lowest BCUT2D eigenvalue weighted by Crippen LogP contribution is -2.25. The highest BCUT2D eigenvalue weighted by molar-refractivity contribution is 5.90. The summed E-state index contributed by atoms with van der Waals surface area (Å²) in [6.45, 7) is 5.64. The second kappa shape index (κ2) is 7.46. The number of rotatable bonds is 7. The summed E-state index contributed by atoms with van der Waals surface area (Å²) in [5.41, 5.74) is 2.60. The quantitative estimate of drug-likeness (QED) is 0.469. The molecule has 0 unspecified atom stereocenters. The van der Waals surface area contributed by atoms with Crippen molar-refractivity contribution in [2.45, 2.75) is 26.9 Å². The second-order valence-electron chi connectivity index (χ2n) is 4.90. The summed E-state index contributed by atoms with van der Waals surface area (Å²) in [7, 11) is 1.54. The van der Waals surface area contributed by atoms with Crippen LogP contribution in [0.4, 0.5) is 17.1 Å². The average Bonchev–Trinajstić information content (AvgIpc) is 2.46. The molecule has 1 aromatic carbocycles. The molecular formula is C13H18N4O5. The minimum atomic E-state index is -0.695. The average molecular weight is 310 g/mol. The van der Waals surface area contributed by atoms with E-state index in [1.807, 2.05) is 20.8 Å². The van der Waals surface area contributed by atoms with Gasteiger partial charge in [0.05, 0.1) is 27.7 Å². The van der Waals surface area contributed by atoms with Crippen LogP contribution in [0.15, 0.2) is 23.3 Å². The topological polar surface area (TPSA) is 120 Å². The van der Waals surface area contributed by atoms with Crippen molar-refractivity contribution in [3.05, 3.63) is 38.4 Å². The van der Waals surface area contributed by atoms with Gasteiger partial charge in [0.15, 0.2) is 0 Å². The molecule has 1 N–H and O–H groups in total. The summed E-state index contributed by atoms with van der Waals surface area (Å²) >= 11 is 0. The van der Waals surface area contributed by atoms with Crippen LogP contribution in [0.3, 0.4) is 0 Å². The van der Waals surface area contributed by atoms with Crippen molar-refractivity contribution >= 4 is 22.8 Å². The van der Waals surface area contributed by atoms with E-state index in [2.05, 4.69) is 10.5 Å². The first-order valence-electron chi connectivity index (χ1n) is 6.57. The molecule has 120 valence electrons. The summed E-state index contributed by atoms with van der Waals surface area (Å²) < 4.78 is 5.20. The third kappa shape index (κ3) is 4.22. The molecule has 0 fully saturated rings. The number of methoxy groups -OCH3 is 1. The van der Waals surface area contributed by atoms with Crippen molar-refractivity contribution in [3.63, 3.8) is 0 Å². The molecule has 0 bridgehead atoms. The van der Waals surface area contributed by atoms with Gasteiger partial charge < -0.3 is 4.74 Å². The Hall–Kier alpha value is -2.55. The number of nitrogens with zero attached hydrogens (tertiary/aromatic N) is 3. The normalized spacial score (nSPS) is 13.0. The predicted molar refractivity (Wildman–Crippen MR) is 82.1 cm³/mol. The van der Waals surface area contributed by atoms with Gasteiger partial charge in [0.25, 0.3) is 5.69 Å². The molecule has 0 aliphatic carbocycles. The fourth-order valence-corrected chi connectivity index (χ4v) is 1.81. The van der Waals surface area contributed by atoms with Gasteiger partial charge in [-0.05, 0) is 18.9 Å². The first-order valence-corrected chi connectivity index (χ1v) is 6.57. The van der Waals surface area contributed by atoms with E-state index in [-0.39, 0.29) is 23.4 Å². The predicted octanol–water partition coefficient (Wildman–Crippen LogP) is 2.96. The Morgan fingerprint density at radius 3 is 2.32 bits per heavy atom. The Kier molecular flexibility index (Phi) is 5.93. The van der Waals surface area contributed by atoms with E-state index in [0.29, 0.717) is 5.71 Å². The number of hydrogen-bond donors (Lipinski definition) is 1. The van der Waals surface area contributed by atoms with E-state index >= 15 is 0 Å². The van der Waals surface area contributed by atoms with E-state index < -0.39 is 15.5 Å². The molecular weight excluding hydrogens is 292 g/mol. The molecule has 1 aromatic rings. The number of benzene rings is 1. The highest BCUT2D eigenvalue weighted by Gasteiger charge is 2.20. The number of nitro benzene ring substituents is 2. The third-order valence-corrected chi connectivity index (χ3v) is 3.06. The Labute approximate surface area is 127 Å². The van der Waals surface area contributed by atoms with Crippen LogP contribution in [0.5, 0.6) is 0 Å². The van der Waals surface area contributed by atoms with Crippen LogP contribution < -0.4 is 5.43 Å². The fraction of sp³-hybridized carbons (Fsp3) is 0.462. The van der Waals surface area contributed by atoms with E-state index in [1.165, 1.54) is 19.2 Å². The van der Waals surface area contributed by atoms with Gasteiger partial charge in [-0.2, -0.15) is 5.10 Å². The van der Waals surface area contributed by atoms with Gasteiger partial charge in [-0.25, -0.2) is 0 Å². The van der Waals surface area contributed by atoms with Crippen molar-refractivity contribution in [2.75, 3.05) is 12.5 Å². The van der Waals surface area contributed by atoms with Crippen LogP contribution >= 0.6 is 0 Å². The highest BCUT2D eigenvalue weighted by Crippen LogP contribution is 2.29. The Morgan fingerprint density at radius 1 is 1.23 bits per heavy atom. The van der Waals surface area contributed by atoms with Crippen molar-refractivity contribution < 1.29 is 14.6 Å². The number of nitro groups is 2. The van der Waals surface area contributed by atoms with Crippen LogP contribution in [0.1, 0.15) is 20.8 Å². The monoisotopic (exact) mass is 310 g/mol. The minimum Gasteiger partial charge on any atom is -0.376 e. The van der Waals surface area contributed by atoms with E-state index in [1.54, 1.807) is 0 Å². The number of ether oxygens (including phenoxy) is 1. The Balaban J connectivity index is 3.16. The molecule has 9 heteroatoms. The van der Waals surface area contributed by atoms with Crippen LogP contribution in [0.2, 0.25) is 0 Å². The maximum atomic E-state index is 11.0. The van der Waals surface area contributed by atoms with Crippen molar-refractivity contribution in [2.24, 2.45) is 11.0 Å². The molecule has 0 saturated heterocycles. The number of hydrogen-bond acceptors (Lipinski definition) is 7. The lowest BCUT2D eigenvalue weighted by Gasteiger charge is -2.16. The minimum absolute atomic E-state index is 0.0690. The molecule has 0 radical (unpaired) electrons. The zero-order valence-electron chi connectivity index (χ0n) is 12.8. The first kappa shape index (κ1) is 17.5. The highest BCUT2D eigenvalue weighted by atomic mass is 16.6. The van der Waals surface area contributed by atoms with Gasteiger partial charge in [-0.1, -0.05) is 13.8 Å². The molecule has 0 spiro atoms. The second-order valence-corrected chi connectivity index (χ2v) is 4.90. The van der Waals surface area contributed by atoms with Gasteiger partial charge in [0.2, 0.25) is 0 Å². The van der Waals surface area contributed by atoms with Gasteiger partial charge in [-0.15, -0.1) is 0 Å². The molecule has 1 rings (SSSR count). The van der Waals surface area contributed by atoms with Crippen molar-refractivity contribution in [1.29, 1.82) is 0 Å². The van der Waals surface area contributed by atoms with Gasteiger partial charge in [0, 0.05) is 13.2 Å². The molecule has 0 amide bonds. The van der Waals surface area contributed by atoms with Crippen LogP contribution in [-0.2, 0) is 4.74 Å². The molecule has 0 aromatic heterocycles. The van der Waals surface area contributed by atoms with E-state index in [0.717, 1.165) is 6.07 Å². The standard InChI is InChI=1S/C13H18N4O5/c1-8(2)13(9(3)22-4)15-14-11-6-5-10(16(18)19)7-12(11)17(20)21/h5-9,14H,1-4H3/b15-13+/t9-/m0/s1. The molecule has 0 saturated carbocycles. The van der Waals surface area contributed by atoms with Crippen LogP contribution in [0, 0.1) is 26.1 Å². The lowest BCUT2D eigenvalue weighted by atomic mass is 10.0. The summed E-state index contributed by atoms with van der Waals surface area (Å²) in [5.74, 6) is 0.0690. The Morgan fingerprint density at radius 2 is 1.86 bits per heavy atom. The summed E-state index contributed by atoms with van der Waals surface area (Å²) in [4.78, 5) is 20.3. The van der Waals surface area contributed by atoms with E-state index in [9.17, 15) is 20.2 Å². The fourth-order valence-electron chi connectivity index (χ4n) is 1.81. The van der Waals surface area contributed by atoms with Gasteiger partial charge in [-0.3, -0.25) is 25.7 Å². The van der Waals surface area contributed by atoms with E-state index in [4.69, 9.17) is 4.74 Å². The zero-order chi connectivity index (χ0) is 16.9. The molecule has 22 heavy (non-hydrogen) atoms. The number of non-ortho nitro benzene ring substituents is 1. The van der Waals surface area contributed by atoms with Crippen LogP contribution in [-0.4, -0.2) is 28.8 Å². The zero-order valence-corrected chi connectivity index (χ0v) is 12.8. The van der Waals surface area contributed by atoms with Gasteiger partial charge in [0.1, 0.15) is 5.69 Å². The number of anilines is 1. The lowest BCUT2D eigenvalue weighted by molar-refractivity contribution is -0.393. The molecule has 1 atom stereocenters. The number of nitrogens with one attached hydrogen (secondary N) is 1. The smallest absolute Gasteiger partial charge is 0.301 e. The SMILES string of the molecule is CO[C@@H](C)/C(=N/Nc1ccc([N+](=O)[O-])cc1[N+](=O)[O-])C(C)C. The number of hydrazone groups is 1.